The highest BCUT2D eigenvalue weighted by Gasteiger charge is 2.20. The molecule has 0 saturated heterocycles. The number of nitrogens with zero attached hydrogens (tertiary/aromatic N) is 2. The summed E-state index contributed by atoms with van der Waals surface area (Å²) in [7, 11) is 0. The van der Waals surface area contributed by atoms with Gasteiger partial charge in [0.1, 0.15) is 0 Å². The zero-order chi connectivity index (χ0) is 12.8. The molecular formula is C14H26N4. The highest BCUT2D eigenvalue weighted by atomic mass is 15.3. The molecule has 18 heavy (non-hydrogen) atoms. The zero-order valence-corrected chi connectivity index (χ0v) is 11.4. The van der Waals surface area contributed by atoms with Gasteiger partial charge < -0.3 is 11.1 Å². The van der Waals surface area contributed by atoms with Crippen molar-refractivity contribution in [2.45, 2.75) is 51.6 Å². The predicted molar refractivity (Wildman–Crippen MR) is 74.3 cm³/mol. The van der Waals surface area contributed by atoms with Gasteiger partial charge in [-0.1, -0.05) is 19.8 Å². The number of aryl methyl sites for hydroxylation is 1. The summed E-state index contributed by atoms with van der Waals surface area (Å²) in [5.41, 5.74) is 7.06. The molecule has 1 saturated carbocycles. The molecule has 1 aromatic heterocycles. The Hall–Kier alpha value is -0.870. The van der Waals surface area contributed by atoms with Crippen molar-refractivity contribution >= 4 is 0 Å². The van der Waals surface area contributed by atoms with Crippen molar-refractivity contribution in [1.82, 2.24) is 15.1 Å². The molecule has 0 aliphatic heterocycles. The van der Waals surface area contributed by atoms with Gasteiger partial charge in [-0.25, -0.2) is 0 Å². The number of nitrogens with one attached hydrogen (secondary N) is 1. The molecule has 1 heterocycles. The van der Waals surface area contributed by atoms with E-state index in [4.69, 9.17) is 5.73 Å². The van der Waals surface area contributed by atoms with E-state index in [1.165, 1.54) is 31.2 Å². The third-order valence-corrected chi connectivity index (χ3v) is 3.62. The van der Waals surface area contributed by atoms with Crippen molar-refractivity contribution in [1.29, 1.82) is 0 Å². The SMILES string of the molecule is CCCn1cc(C(CN)NCCCC2CC2)cn1. The topological polar surface area (TPSA) is 55.9 Å². The van der Waals surface area contributed by atoms with Crippen LogP contribution in [0.2, 0.25) is 0 Å². The quantitative estimate of drug-likeness (QED) is 0.660. The second-order valence-corrected chi connectivity index (χ2v) is 5.36. The molecule has 0 radical (unpaired) electrons. The Morgan fingerprint density at radius 1 is 1.56 bits per heavy atom. The lowest BCUT2D eigenvalue weighted by atomic mass is 10.1. The summed E-state index contributed by atoms with van der Waals surface area (Å²) in [6.45, 7) is 4.86. The van der Waals surface area contributed by atoms with Crippen molar-refractivity contribution in [3.63, 3.8) is 0 Å². The van der Waals surface area contributed by atoms with Gasteiger partial charge in [-0.05, 0) is 31.7 Å². The lowest BCUT2D eigenvalue weighted by Gasteiger charge is -2.15. The zero-order valence-electron chi connectivity index (χ0n) is 11.4. The minimum atomic E-state index is 0.259. The van der Waals surface area contributed by atoms with Crippen LogP contribution < -0.4 is 11.1 Å². The van der Waals surface area contributed by atoms with E-state index in [9.17, 15) is 0 Å². The molecule has 1 fully saturated rings. The summed E-state index contributed by atoms with van der Waals surface area (Å²) in [6.07, 6.45) is 10.7. The number of nitrogens with two attached hydrogens (primary N) is 1. The summed E-state index contributed by atoms with van der Waals surface area (Å²) in [4.78, 5) is 0. The fraction of sp³-hybridized carbons (Fsp3) is 0.786. The van der Waals surface area contributed by atoms with Crippen LogP contribution in [-0.2, 0) is 6.54 Å². The van der Waals surface area contributed by atoms with Crippen LogP contribution in [0.4, 0.5) is 0 Å². The smallest absolute Gasteiger partial charge is 0.0538 e. The van der Waals surface area contributed by atoms with Crippen LogP contribution >= 0.6 is 0 Å². The molecule has 102 valence electrons. The molecule has 4 heteroatoms. The fourth-order valence-corrected chi connectivity index (χ4v) is 2.32. The molecule has 1 aliphatic carbocycles. The molecule has 0 bridgehead atoms. The molecule has 4 nitrogen and oxygen atoms in total. The van der Waals surface area contributed by atoms with Crippen molar-refractivity contribution in [2.75, 3.05) is 13.1 Å². The first-order valence-electron chi connectivity index (χ1n) is 7.29. The Morgan fingerprint density at radius 2 is 2.39 bits per heavy atom. The van der Waals surface area contributed by atoms with Gasteiger partial charge >= 0.3 is 0 Å². The number of rotatable bonds is 9. The Bertz CT molecular complexity index is 343. The van der Waals surface area contributed by atoms with E-state index in [-0.39, 0.29) is 6.04 Å². The lowest BCUT2D eigenvalue weighted by Crippen LogP contribution is -2.28. The van der Waals surface area contributed by atoms with E-state index < -0.39 is 0 Å². The molecule has 0 spiro atoms. The van der Waals surface area contributed by atoms with Crippen molar-refractivity contribution in [3.05, 3.63) is 18.0 Å². The van der Waals surface area contributed by atoms with Gasteiger partial charge in [-0.2, -0.15) is 5.10 Å². The average molecular weight is 250 g/mol. The maximum atomic E-state index is 5.84. The largest absolute Gasteiger partial charge is 0.329 e. The van der Waals surface area contributed by atoms with Gasteiger partial charge in [0, 0.05) is 30.9 Å². The van der Waals surface area contributed by atoms with Crippen LogP contribution in [0.3, 0.4) is 0 Å². The van der Waals surface area contributed by atoms with Gasteiger partial charge in [0.25, 0.3) is 0 Å². The molecule has 1 atom stereocenters. The van der Waals surface area contributed by atoms with Gasteiger partial charge in [0.15, 0.2) is 0 Å². The van der Waals surface area contributed by atoms with Crippen molar-refractivity contribution < 1.29 is 0 Å². The van der Waals surface area contributed by atoms with E-state index in [1.54, 1.807) is 0 Å². The van der Waals surface area contributed by atoms with E-state index in [0.29, 0.717) is 6.54 Å². The predicted octanol–water partition coefficient (Wildman–Crippen LogP) is 2.07. The summed E-state index contributed by atoms with van der Waals surface area (Å²) >= 11 is 0. The fourth-order valence-electron chi connectivity index (χ4n) is 2.32. The third-order valence-electron chi connectivity index (χ3n) is 3.62. The van der Waals surface area contributed by atoms with Gasteiger partial charge in [0.2, 0.25) is 0 Å². The van der Waals surface area contributed by atoms with Gasteiger partial charge in [-0.15, -0.1) is 0 Å². The van der Waals surface area contributed by atoms with Crippen LogP contribution in [0.1, 0.15) is 50.6 Å². The molecule has 1 aliphatic rings. The third kappa shape index (κ3) is 4.10. The number of hydrogen-bond acceptors (Lipinski definition) is 3. The summed E-state index contributed by atoms with van der Waals surface area (Å²) in [5.74, 6) is 1.02. The second kappa shape index (κ2) is 6.90. The minimum Gasteiger partial charge on any atom is -0.329 e. The minimum absolute atomic E-state index is 0.259. The highest BCUT2D eigenvalue weighted by molar-refractivity contribution is 5.10. The molecular weight excluding hydrogens is 224 g/mol. The Kier molecular flexibility index (Phi) is 5.20. The average Bonchev–Trinajstić information content (AvgIpc) is 3.09. The molecule has 1 aromatic rings. The van der Waals surface area contributed by atoms with Crippen molar-refractivity contribution in [3.8, 4) is 0 Å². The first kappa shape index (κ1) is 13.6. The Balaban J connectivity index is 1.74. The molecule has 1 unspecified atom stereocenters. The summed E-state index contributed by atoms with van der Waals surface area (Å²) in [5, 5.41) is 7.91. The van der Waals surface area contributed by atoms with E-state index in [0.717, 1.165) is 25.4 Å². The number of aromatic nitrogens is 2. The molecule has 0 aromatic carbocycles. The van der Waals surface area contributed by atoms with Crippen LogP contribution in [0.25, 0.3) is 0 Å². The molecule has 2 rings (SSSR count). The first-order chi connectivity index (χ1) is 8.83. The van der Waals surface area contributed by atoms with Crippen LogP contribution in [0, 0.1) is 5.92 Å². The summed E-state index contributed by atoms with van der Waals surface area (Å²) < 4.78 is 2.00. The normalized spacial score (nSPS) is 17.0. The van der Waals surface area contributed by atoms with Gasteiger partial charge in [-0.3, -0.25) is 4.68 Å². The monoisotopic (exact) mass is 250 g/mol. The Labute approximate surface area is 110 Å². The maximum Gasteiger partial charge on any atom is 0.0538 e. The summed E-state index contributed by atoms with van der Waals surface area (Å²) in [6, 6.07) is 0.259. The van der Waals surface area contributed by atoms with E-state index >= 15 is 0 Å². The lowest BCUT2D eigenvalue weighted by molar-refractivity contribution is 0.511. The molecule has 0 amide bonds. The highest BCUT2D eigenvalue weighted by Crippen LogP contribution is 2.33. The second-order valence-electron chi connectivity index (χ2n) is 5.36. The van der Waals surface area contributed by atoms with Gasteiger partial charge in [0.05, 0.1) is 6.20 Å². The van der Waals surface area contributed by atoms with Crippen LogP contribution in [0.5, 0.6) is 0 Å². The first-order valence-corrected chi connectivity index (χ1v) is 7.29. The van der Waals surface area contributed by atoms with E-state index in [1.807, 2.05) is 10.9 Å². The number of hydrogen-bond donors (Lipinski definition) is 2. The van der Waals surface area contributed by atoms with Crippen LogP contribution in [0.15, 0.2) is 12.4 Å². The van der Waals surface area contributed by atoms with Crippen LogP contribution in [-0.4, -0.2) is 22.9 Å². The van der Waals surface area contributed by atoms with E-state index in [2.05, 4.69) is 23.5 Å². The Morgan fingerprint density at radius 3 is 3.06 bits per heavy atom. The van der Waals surface area contributed by atoms with Crippen molar-refractivity contribution in [2.24, 2.45) is 11.7 Å². The molecule has 3 N–H and O–H groups in total. The maximum absolute atomic E-state index is 5.84. The standard InChI is InChI=1S/C14H26N4/c1-2-8-18-11-13(10-17-18)14(9-15)16-7-3-4-12-5-6-12/h10-12,14,16H,2-9,15H2,1H3.